The molecule has 7 rings (SSSR count). The van der Waals surface area contributed by atoms with Crippen LogP contribution in [-0.2, 0) is 10.8 Å². The van der Waals surface area contributed by atoms with Crippen molar-refractivity contribution in [2.24, 2.45) is 0 Å². The van der Waals surface area contributed by atoms with Crippen molar-refractivity contribution < 1.29 is 5.11 Å². The number of pyridine rings is 1. The summed E-state index contributed by atoms with van der Waals surface area (Å²) in [5.41, 5.74) is 13.9. The average molecular weight is 658 g/mol. The lowest BCUT2D eigenvalue weighted by atomic mass is 9.82. The molecule has 2 heterocycles. The van der Waals surface area contributed by atoms with E-state index in [1.54, 1.807) is 6.07 Å². The molecule has 0 spiro atoms. The van der Waals surface area contributed by atoms with Crippen molar-refractivity contribution in [2.45, 2.75) is 79.1 Å². The van der Waals surface area contributed by atoms with E-state index in [1.165, 1.54) is 22.1 Å². The van der Waals surface area contributed by atoms with Gasteiger partial charge in [-0.3, -0.25) is 9.55 Å². The predicted octanol–water partition coefficient (Wildman–Crippen LogP) is 12.3. The van der Waals surface area contributed by atoms with E-state index < -0.39 is 0 Å². The number of phenolic OH excluding ortho intramolecular Hbond substituents is 1. The van der Waals surface area contributed by atoms with Gasteiger partial charge >= 0.3 is 0 Å². The van der Waals surface area contributed by atoms with Gasteiger partial charge in [0.25, 0.3) is 0 Å². The molecular formula is C46H47N3O. The molecule has 0 atom stereocenters. The van der Waals surface area contributed by atoms with Crippen LogP contribution in [0.2, 0.25) is 0 Å². The average Bonchev–Trinajstić information content (AvgIpc) is 3.47. The summed E-state index contributed by atoms with van der Waals surface area (Å²) in [6.45, 7) is 20.1. The van der Waals surface area contributed by atoms with Gasteiger partial charge in [-0.15, -0.1) is 0 Å². The SMILES string of the molecule is Cc1ccc(O)c(-c2nc3c(-c4cccc(-c5cc(C(C)(C)C)cc6c(C(C)C)ccnc56)c4)cccc3n2-c2ccc(C(C)(C)C)cc2)c1. The lowest BCUT2D eigenvalue weighted by molar-refractivity contribution is 0.476. The Kier molecular flexibility index (Phi) is 8.17. The van der Waals surface area contributed by atoms with Gasteiger partial charge in [-0.05, 0) is 106 Å². The van der Waals surface area contributed by atoms with Crippen molar-refractivity contribution >= 4 is 21.9 Å². The van der Waals surface area contributed by atoms with Crippen molar-refractivity contribution in [1.29, 1.82) is 0 Å². The van der Waals surface area contributed by atoms with Gasteiger partial charge in [0.15, 0.2) is 0 Å². The number of phenols is 1. The van der Waals surface area contributed by atoms with E-state index in [0.29, 0.717) is 17.3 Å². The van der Waals surface area contributed by atoms with Gasteiger partial charge in [0.05, 0.1) is 22.1 Å². The molecule has 0 bridgehead atoms. The van der Waals surface area contributed by atoms with Crippen LogP contribution in [0, 0.1) is 6.92 Å². The summed E-state index contributed by atoms with van der Waals surface area (Å²) in [6.07, 6.45) is 1.95. The van der Waals surface area contributed by atoms with E-state index in [0.717, 1.165) is 50.1 Å². The molecule has 4 heteroatoms. The van der Waals surface area contributed by atoms with Crippen molar-refractivity contribution in [3.05, 3.63) is 132 Å². The van der Waals surface area contributed by atoms with E-state index in [2.05, 4.69) is 145 Å². The van der Waals surface area contributed by atoms with Gasteiger partial charge in [-0.25, -0.2) is 4.98 Å². The second-order valence-electron chi connectivity index (χ2n) is 16.1. The molecule has 2 aromatic heterocycles. The topological polar surface area (TPSA) is 50.9 Å². The van der Waals surface area contributed by atoms with Crippen LogP contribution in [0.25, 0.3) is 61.3 Å². The number of aromatic nitrogens is 3. The molecule has 0 amide bonds. The first kappa shape index (κ1) is 33.3. The van der Waals surface area contributed by atoms with Crippen LogP contribution < -0.4 is 0 Å². The third kappa shape index (κ3) is 5.98. The number of aromatic hydroxyl groups is 1. The summed E-state index contributed by atoms with van der Waals surface area (Å²) in [5, 5.41) is 12.4. The van der Waals surface area contributed by atoms with Crippen LogP contribution in [0.3, 0.4) is 0 Å². The second kappa shape index (κ2) is 12.3. The second-order valence-corrected chi connectivity index (χ2v) is 16.1. The van der Waals surface area contributed by atoms with E-state index in [4.69, 9.17) is 9.97 Å². The van der Waals surface area contributed by atoms with E-state index in [-0.39, 0.29) is 16.6 Å². The fourth-order valence-corrected chi connectivity index (χ4v) is 7.00. The number of fused-ring (bicyclic) bond motifs is 2. The number of nitrogens with zero attached hydrogens (tertiary/aromatic N) is 3. The Morgan fingerprint density at radius 3 is 2.00 bits per heavy atom. The van der Waals surface area contributed by atoms with Crippen LogP contribution in [0.5, 0.6) is 5.75 Å². The zero-order valence-electron chi connectivity index (χ0n) is 30.8. The van der Waals surface area contributed by atoms with E-state index in [9.17, 15) is 5.11 Å². The molecule has 0 aliphatic rings. The van der Waals surface area contributed by atoms with Crippen molar-refractivity contribution in [3.63, 3.8) is 0 Å². The maximum Gasteiger partial charge on any atom is 0.149 e. The van der Waals surface area contributed by atoms with Crippen molar-refractivity contribution in [1.82, 2.24) is 14.5 Å². The number of aryl methyl sites for hydroxylation is 1. The molecule has 0 aliphatic heterocycles. The standard InChI is InChI=1S/C46H47N3O/c1-28(2)35-22-23-47-42-37(26-33(27-38(35)42)46(7,8)9)31-13-10-12-30(25-31)36-14-11-15-40-43(36)48-44(39-24-29(3)16-21-41(39)50)49(40)34-19-17-32(18-20-34)45(4,5)6/h10-28,50H,1-9H3. The fraction of sp³-hybridized carbons (Fsp3) is 0.261. The zero-order valence-corrected chi connectivity index (χ0v) is 30.8. The van der Waals surface area contributed by atoms with E-state index in [1.807, 2.05) is 25.3 Å². The monoisotopic (exact) mass is 657 g/mol. The lowest BCUT2D eigenvalue weighted by Crippen LogP contribution is -2.11. The summed E-state index contributed by atoms with van der Waals surface area (Å²) in [5.74, 6) is 1.30. The maximum atomic E-state index is 11.1. The molecule has 1 N–H and O–H groups in total. The minimum absolute atomic E-state index is 0.0219. The van der Waals surface area contributed by atoms with Crippen molar-refractivity contribution in [2.75, 3.05) is 0 Å². The molecule has 0 saturated carbocycles. The Hall–Kier alpha value is -5.22. The highest BCUT2D eigenvalue weighted by atomic mass is 16.3. The quantitative estimate of drug-likeness (QED) is 0.200. The van der Waals surface area contributed by atoms with Crippen LogP contribution in [0.4, 0.5) is 0 Å². The third-order valence-corrected chi connectivity index (χ3v) is 9.92. The van der Waals surface area contributed by atoms with Crippen LogP contribution >= 0.6 is 0 Å². The highest BCUT2D eigenvalue weighted by molar-refractivity contribution is 5.99. The number of hydrogen-bond acceptors (Lipinski definition) is 3. The lowest BCUT2D eigenvalue weighted by Gasteiger charge is -2.23. The maximum absolute atomic E-state index is 11.1. The summed E-state index contributed by atoms with van der Waals surface area (Å²) in [7, 11) is 0. The predicted molar refractivity (Wildman–Crippen MR) is 211 cm³/mol. The molecule has 0 aliphatic carbocycles. The molecule has 252 valence electrons. The summed E-state index contributed by atoms with van der Waals surface area (Å²) >= 11 is 0. The fourth-order valence-electron chi connectivity index (χ4n) is 7.00. The Bertz CT molecular complexity index is 2380. The minimum Gasteiger partial charge on any atom is -0.507 e. The molecule has 0 radical (unpaired) electrons. The molecule has 0 fully saturated rings. The summed E-state index contributed by atoms with van der Waals surface area (Å²) in [4.78, 5) is 10.3. The molecule has 4 nitrogen and oxygen atoms in total. The highest BCUT2D eigenvalue weighted by Gasteiger charge is 2.23. The Morgan fingerprint density at radius 2 is 1.32 bits per heavy atom. The van der Waals surface area contributed by atoms with Gasteiger partial charge in [0, 0.05) is 28.4 Å². The number of hydrogen-bond donors (Lipinski definition) is 1. The van der Waals surface area contributed by atoms with Crippen molar-refractivity contribution in [3.8, 4) is 45.1 Å². The number of para-hydroxylation sites is 1. The van der Waals surface area contributed by atoms with E-state index >= 15 is 0 Å². The third-order valence-electron chi connectivity index (χ3n) is 9.92. The summed E-state index contributed by atoms with van der Waals surface area (Å²) in [6, 6.07) is 36.4. The van der Waals surface area contributed by atoms with Crippen LogP contribution in [-0.4, -0.2) is 19.6 Å². The van der Waals surface area contributed by atoms with Gasteiger partial charge in [0.1, 0.15) is 11.6 Å². The normalized spacial score (nSPS) is 12.4. The first-order valence-electron chi connectivity index (χ1n) is 17.7. The van der Waals surface area contributed by atoms with Crippen LogP contribution in [0.1, 0.15) is 83.6 Å². The first-order valence-corrected chi connectivity index (χ1v) is 17.7. The molecule has 5 aromatic carbocycles. The molecule has 0 unspecified atom stereocenters. The first-order chi connectivity index (χ1) is 23.7. The molecule has 0 saturated heterocycles. The smallest absolute Gasteiger partial charge is 0.149 e. The Labute approximate surface area is 296 Å². The number of rotatable bonds is 5. The Balaban J connectivity index is 1.46. The van der Waals surface area contributed by atoms with Gasteiger partial charge in [-0.2, -0.15) is 0 Å². The van der Waals surface area contributed by atoms with Gasteiger partial charge in [-0.1, -0.05) is 109 Å². The minimum atomic E-state index is -0.0219. The molecule has 50 heavy (non-hydrogen) atoms. The highest BCUT2D eigenvalue weighted by Crippen LogP contribution is 2.41. The summed E-state index contributed by atoms with van der Waals surface area (Å²) < 4.78 is 2.18. The molecule has 7 aromatic rings. The largest absolute Gasteiger partial charge is 0.507 e. The van der Waals surface area contributed by atoms with Crippen LogP contribution in [0.15, 0.2) is 109 Å². The number of imidazole rings is 1. The number of benzene rings is 5. The van der Waals surface area contributed by atoms with Gasteiger partial charge in [0.2, 0.25) is 0 Å². The Morgan fingerprint density at radius 1 is 0.640 bits per heavy atom. The molecular weight excluding hydrogens is 611 g/mol. The van der Waals surface area contributed by atoms with Gasteiger partial charge < -0.3 is 5.11 Å². The zero-order chi connectivity index (χ0) is 35.5.